The third-order valence-corrected chi connectivity index (χ3v) is 11.1. The Balaban J connectivity index is 0.00000533. The van der Waals surface area contributed by atoms with E-state index in [4.69, 9.17) is 9.97 Å². The number of phenols is 1. The molecule has 0 amide bonds. The van der Waals surface area contributed by atoms with Crippen LogP contribution in [0.15, 0.2) is 249 Å². The maximum atomic E-state index is 11.7. The van der Waals surface area contributed by atoms with Gasteiger partial charge in [-0.2, -0.15) is 0 Å². The van der Waals surface area contributed by atoms with Crippen molar-refractivity contribution in [2.45, 2.75) is 0 Å². The Hall–Kier alpha value is -8.05. The number of pyridine rings is 2. The number of benzene rings is 8. The molecule has 0 atom stereocenters. The minimum atomic E-state index is 0. The maximum absolute atomic E-state index is 11.7. The standard InChI is InChI=1S/C58H42N5O.Pt/c64-56-37-18-17-36-55(56)63(54-35-16-14-33-51(54)44-24-7-2-8-25-44)58-42-49(61(46-27-9-3-10-28-46)47-29-11-4-12-30-47)41-52(60-58)45-26-21-31-48(40-45)62(57-38-19-20-39-59-57)53-34-15-13-32-50(53)43-22-5-1-6-23-43;/h1-39,41-42,64H;/q-1;. The van der Waals surface area contributed by atoms with Crippen molar-refractivity contribution in [3.05, 3.63) is 255 Å². The van der Waals surface area contributed by atoms with Crippen LogP contribution in [0.25, 0.3) is 33.5 Å². The van der Waals surface area contributed by atoms with Crippen molar-refractivity contribution in [2.75, 3.05) is 14.7 Å². The molecule has 65 heavy (non-hydrogen) atoms. The van der Waals surface area contributed by atoms with Gasteiger partial charge in [-0.1, -0.05) is 158 Å². The van der Waals surface area contributed by atoms with E-state index >= 15 is 0 Å². The monoisotopic (exact) mass is 1020 g/mol. The summed E-state index contributed by atoms with van der Waals surface area (Å²) < 4.78 is 0. The quantitative estimate of drug-likeness (QED) is 0.123. The Morgan fingerprint density at radius 1 is 0.385 bits per heavy atom. The number of para-hydroxylation sites is 6. The van der Waals surface area contributed by atoms with Crippen molar-refractivity contribution in [1.29, 1.82) is 0 Å². The fourth-order valence-electron chi connectivity index (χ4n) is 8.17. The van der Waals surface area contributed by atoms with Gasteiger partial charge < -0.3 is 14.9 Å². The SMILES string of the molecule is Oc1ccccc1N(c1cc(N(c2ccccc2)c2ccccc2)cc(-c2[c-]c(N(c3ccccn3)c3ccccc3-c3ccccc3)ccc2)n1)c1ccccc1-c1ccccc1.[Pt]. The zero-order valence-electron chi connectivity index (χ0n) is 35.2. The van der Waals surface area contributed by atoms with Crippen molar-refractivity contribution < 1.29 is 26.2 Å². The molecule has 0 spiro atoms. The second-order valence-corrected chi connectivity index (χ2v) is 15.1. The van der Waals surface area contributed by atoms with Crippen molar-refractivity contribution in [2.24, 2.45) is 0 Å². The molecular weight excluding hydrogens is 978 g/mol. The molecule has 2 aromatic heterocycles. The molecule has 10 rings (SSSR count). The molecule has 0 fully saturated rings. The number of rotatable bonds is 12. The minimum Gasteiger partial charge on any atom is -0.506 e. The van der Waals surface area contributed by atoms with Crippen LogP contribution < -0.4 is 14.7 Å². The largest absolute Gasteiger partial charge is 0.506 e. The third kappa shape index (κ3) is 8.94. The van der Waals surface area contributed by atoms with Gasteiger partial charge in [0, 0.05) is 61.5 Å². The summed E-state index contributed by atoms with van der Waals surface area (Å²) in [5.41, 5.74) is 11.7. The zero-order valence-corrected chi connectivity index (χ0v) is 37.4. The summed E-state index contributed by atoms with van der Waals surface area (Å²) in [5.74, 6) is 1.48. The Bertz CT molecular complexity index is 3100. The van der Waals surface area contributed by atoms with E-state index in [0.29, 0.717) is 17.2 Å². The number of anilines is 9. The van der Waals surface area contributed by atoms with E-state index in [9.17, 15) is 5.11 Å². The molecule has 10 aromatic rings. The maximum Gasteiger partial charge on any atom is 0.139 e. The number of aromatic nitrogens is 2. The molecule has 0 aliphatic heterocycles. The first-order valence-corrected chi connectivity index (χ1v) is 21.2. The van der Waals surface area contributed by atoms with Crippen LogP contribution in [0.5, 0.6) is 5.75 Å². The molecule has 7 heteroatoms. The molecule has 0 unspecified atom stereocenters. The molecule has 0 radical (unpaired) electrons. The number of aromatic hydroxyl groups is 1. The smallest absolute Gasteiger partial charge is 0.139 e. The summed E-state index contributed by atoms with van der Waals surface area (Å²) in [4.78, 5) is 16.9. The normalized spacial score (nSPS) is 10.7. The van der Waals surface area contributed by atoms with Gasteiger partial charge in [-0.05, 0) is 83.2 Å². The molecular formula is C58H42N5OPt-. The average molecular weight is 1020 g/mol. The second kappa shape index (κ2) is 19.6. The van der Waals surface area contributed by atoms with Gasteiger partial charge >= 0.3 is 0 Å². The van der Waals surface area contributed by atoms with Gasteiger partial charge in [0.1, 0.15) is 17.4 Å². The van der Waals surface area contributed by atoms with Crippen molar-refractivity contribution in [3.8, 4) is 39.3 Å². The summed E-state index contributed by atoms with van der Waals surface area (Å²) >= 11 is 0. The van der Waals surface area contributed by atoms with Gasteiger partial charge in [-0.25, -0.2) is 4.98 Å². The summed E-state index contributed by atoms with van der Waals surface area (Å²) in [6.45, 7) is 0. The first-order chi connectivity index (χ1) is 31.7. The summed E-state index contributed by atoms with van der Waals surface area (Å²) in [6, 6.07) is 85.7. The topological polar surface area (TPSA) is 55.7 Å². The minimum absolute atomic E-state index is 0. The van der Waals surface area contributed by atoms with Gasteiger partial charge in [-0.3, -0.25) is 9.88 Å². The molecule has 1 N–H and O–H groups in total. The Kier molecular flexibility index (Phi) is 12.7. The average Bonchev–Trinajstić information content (AvgIpc) is 3.37. The van der Waals surface area contributed by atoms with Crippen LogP contribution in [0.1, 0.15) is 0 Å². The predicted molar refractivity (Wildman–Crippen MR) is 263 cm³/mol. The molecule has 0 saturated carbocycles. The predicted octanol–water partition coefficient (Wildman–Crippen LogP) is 15.4. The third-order valence-electron chi connectivity index (χ3n) is 11.1. The van der Waals surface area contributed by atoms with Gasteiger partial charge in [0.25, 0.3) is 0 Å². The first kappa shape index (κ1) is 42.3. The van der Waals surface area contributed by atoms with E-state index in [2.05, 4.69) is 166 Å². The van der Waals surface area contributed by atoms with E-state index < -0.39 is 0 Å². The van der Waals surface area contributed by atoms with Crippen molar-refractivity contribution in [1.82, 2.24) is 9.97 Å². The number of hydrogen-bond donors (Lipinski definition) is 1. The van der Waals surface area contributed by atoms with Crippen LogP contribution >= 0.6 is 0 Å². The number of hydrogen-bond acceptors (Lipinski definition) is 6. The number of phenolic OH excluding ortho intramolecular Hbond substituents is 1. The van der Waals surface area contributed by atoms with Gasteiger partial charge in [0.15, 0.2) is 0 Å². The van der Waals surface area contributed by atoms with Crippen molar-refractivity contribution >= 4 is 51.4 Å². The van der Waals surface area contributed by atoms with Gasteiger partial charge in [0.2, 0.25) is 0 Å². The van der Waals surface area contributed by atoms with E-state index in [1.54, 1.807) is 6.07 Å². The fourth-order valence-corrected chi connectivity index (χ4v) is 8.17. The molecule has 0 aliphatic rings. The van der Waals surface area contributed by atoms with Crippen LogP contribution in [-0.4, -0.2) is 15.1 Å². The Labute approximate surface area is 394 Å². The van der Waals surface area contributed by atoms with E-state index in [1.807, 2.05) is 97.2 Å². The molecule has 0 bridgehead atoms. The second-order valence-electron chi connectivity index (χ2n) is 15.1. The summed E-state index contributed by atoms with van der Waals surface area (Å²) in [5, 5.41) is 11.7. The summed E-state index contributed by atoms with van der Waals surface area (Å²) in [7, 11) is 0. The van der Waals surface area contributed by atoms with Crippen molar-refractivity contribution in [3.63, 3.8) is 0 Å². The first-order valence-electron chi connectivity index (χ1n) is 21.2. The van der Waals surface area contributed by atoms with E-state index in [-0.39, 0.29) is 26.8 Å². The summed E-state index contributed by atoms with van der Waals surface area (Å²) in [6.07, 6.45) is 1.82. The molecule has 2 heterocycles. The van der Waals surface area contributed by atoms with E-state index in [1.165, 1.54) is 0 Å². The molecule has 316 valence electrons. The number of nitrogens with zero attached hydrogens (tertiary/aromatic N) is 5. The van der Waals surface area contributed by atoms with Crippen LogP contribution in [0.3, 0.4) is 0 Å². The molecule has 8 aromatic carbocycles. The Morgan fingerprint density at radius 2 is 0.892 bits per heavy atom. The van der Waals surface area contributed by atoms with Gasteiger partial charge in [0.05, 0.1) is 17.1 Å². The Morgan fingerprint density at radius 3 is 1.46 bits per heavy atom. The van der Waals surface area contributed by atoms with Gasteiger partial charge in [-0.15, -0.1) is 29.8 Å². The molecule has 6 nitrogen and oxygen atoms in total. The van der Waals surface area contributed by atoms with Crippen LogP contribution in [0, 0.1) is 6.07 Å². The van der Waals surface area contributed by atoms with Crippen LogP contribution in [0.2, 0.25) is 0 Å². The van der Waals surface area contributed by atoms with E-state index in [0.717, 1.165) is 67.8 Å². The van der Waals surface area contributed by atoms with Crippen LogP contribution in [0.4, 0.5) is 51.4 Å². The molecule has 0 aliphatic carbocycles. The molecule has 0 saturated heterocycles. The zero-order chi connectivity index (χ0) is 43.1. The van der Waals surface area contributed by atoms with Crippen LogP contribution in [-0.2, 0) is 21.1 Å². The fraction of sp³-hybridized carbons (Fsp3) is 0.